The highest BCUT2D eigenvalue weighted by Gasteiger charge is 2.16. The molecule has 1 aromatic heterocycles. The lowest BCUT2D eigenvalue weighted by Crippen LogP contribution is -1.98. The molecule has 0 aromatic carbocycles. The van der Waals surface area contributed by atoms with Gasteiger partial charge < -0.3 is 4.52 Å². The van der Waals surface area contributed by atoms with E-state index in [1.54, 1.807) is 0 Å². The zero-order valence-electron chi connectivity index (χ0n) is 7.95. The average molecular weight is 175 g/mol. The highest BCUT2D eigenvalue weighted by Crippen LogP contribution is 2.27. The first-order chi connectivity index (χ1) is 6.29. The van der Waals surface area contributed by atoms with Gasteiger partial charge in [0.25, 0.3) is 0 Å². The Labute approximate surface area is 77.9 Å². The van der Waals surface area contributed by atoms with Crippen molar-refractivity contribution in [2.24, 2.45) is 0 Å². The fraction of sp³-hybridized carbons (Fsp3) is 0.364. The zero-order valence-corrected chi connectivity index (χ0v) is 7.95. The number of hydrogen-bond donors (Lipinski definition) is 0. The van der Waals surface area contributed by atoms with Crippen LogP contribution >= 0.6 is 0 Å². The van der Waals surface area contributed by atoms with Crippen molar-refractivity contribution in [2.45, 2.75) is 26.2 Å². The van der Waals surface area contributed by atoms with Crippen LogP contribution in [0.2, 0.25) is 0 Å². The van der Waals surface area contributed by atoms with Crippen LogP contribution in [0.25, 0.3) is 0 Å². The molecule has 0 amide bonds. The molecule has 1 aliphatic rings. The summed E-state index contributed by atoms with van der Waals surface area (Å²) < 4.78 is 5.14. The van der Waals surface area contributed by atoms with E-state index in [1.165, 1.54) is 5.56 Å². The Bertz CT molecular complexity index is 360. The normalized spacial score (nSPS) is 20.9. The molecule has 0 aliphatic heterocycles. The summed E-state index contributed by atoms with van der Waals surface area (Å²) in [5, 5.41) is 4.08. The molecular formula is C11H13NO. The first-order valence-electron chi connectivity index (χ1n) is 4.55. The molecule has 0 saturated heterocycles. The van der Waals surface area contributed by atoms with Gasteiger partial charge in [0.1, 0.15) is 5.76 Å². The summed E-state index contributed by atoms with van der Waals surface area (Å²) >= 11 is 0. The molecule has 1 heterocycles. The number of rotatable bonds is 1. The molecule has 0 saturated carbocycles. The number of hydrogen-bond acceptors (Lipinski definition) is 2. The molecule has 0 fully saturated rings. The molecule has 2 rings (SSSR count). The highest BCUT2D eigenvalue weighted by molar-refractivity contribution is 5.30. The van der Waals surface area contributed by atoms with Crippen molar-refractivity contribution in [2.75, 3.05) is 0 Å². The van der Waals surface area contributed by atoms with Crippen LogP contribution < -0.4 is 0 Å². The minimum Gasteiger partial charge on any atom is -0.361 e. The summed E-state index contributed by atoms with van der Waals surface area (Å²) in [6.45, 7) is 4.02. The van der Waals surface area contributed by atoms with Gasteiger partial charge in [-0.15, -0.1) is 0 Å². The first kappa shape index (κ1) is 8.30. The number of allylic oxidation sites excluding steroid dienone is 4. The van der Waals surface area contributed by atoms with Gasteiger partial charge in [-0.05, 0) is 20.3 Å². The van der Waals surface area contributed by atoms with Crippen molar-refractivity contribution in [3.63, 3.8) is 0 Å². The minimum absolute atomic E-state index is 0.405. The Balaban J connectivity index is 2.30. The molecule has 13 heavy (non-hydrogen) atoms. The van der Waals surface area contributed by atoms with E-state index < -0.39 is 0 Å². The van der Waals surface area contributed by atoms with Gasteiger partial charge in [0.05, 0.1) is 5.69 Å². The molecule has 0 bridgehead atoms. The van der Waals surface area contributed by atoms with Gasteiger partial charge >= 0.3 is 0 Å². The van der Waals surface area contributed by atoms with Crippen LogP contribution in [0, 0.1) is 13.8 Å². The summed E-state index contributed by atoms with van der Waals surface area (Å²) in [5.74, 6) is 1.33. The van der Waals surface area contributed by atoms with Crippen molar-refractivity contribution < 1.29 is 4.52 Å². The maximum Gasteiger partial charge on any atom is 0.136 e. The van der Waals surface area contributed by atoms with Gasteiger partial charge in [-0.1, -0.05) is 29.5 Å². The van der Waals surface area contributed by atoms with Gasteiger partial charge in [0, 0.05) is 11.5 Å². The van der Waals surface area contributed by atoms with Gasteiger partial charge in [-0.2, -0.15) is 0 Å². The Morgan fingerprint density at radius 2 is 2.23 bits per heavy atom. The highest BCUT2D eigenvalue weighted by atomic mass is 16.5. The molecule has 2 heteroatoms. The lowest BCUT2D eigenvalue weighted by Gasteiger charge is -2.09. The van der Waals surface area contributed by atoms with Crippen molar-refractivity contribution in [1.82, 2.24) is 5.16 Å². The summed E-state index contributed by atoms with van der Waals surface area (Å²) in [5.41, 5.74) is 2.27. The predicted octanol–water partition coefficient (Wildman–Crippen LogP) is 2.89. The number of aryl methyl sites for hydroxylation is 1. The predicted molar refractivity (Wildman–Crippen MR) is 51.6 cm³/mol. The van der Waals surface area contributed by atoms with E-state index in [0.717, 1.165) is 17.9 Å². The molecule has 1 atom stereocenters. The second kappa shape index (κ2) is 3.21. The van der Waals surface area contributed by atoms with Gasteiger partial charge in [0.2, 0.25) is 0 Å². The lowest BCUT2D eigenvalue weighted by molar-refractivity contribution is 0.388. The van der Waals surface area contributed by atoms with Crippen LogP contribution in [0.1, 0.15) is 29.4 Å². The van der Waals surface area contributed by atoms with E-state index in [4.69, 9.17) is 4.52 Å². The van der Waals surface area contributed by atoms with Crippen molar-refractivity contribution in [3.8, 4) is 0 Å². The van der Waals surface area contributed by atoms with Crippen LogP contribution in [-0.2, 0) is 0 Å². The molecule has 2 nitrogen and oxygen atoms in total. The third-order valence-electron chi connectivity index (χ3n) is 2.53. The second-order valence-corrected chi connectivity index (χ2v) is 3.40. The van der Waals surface area contributed by atoms with Crippen molar-refractivity contribution in [1.29, 1.82) is 0 Å². The van der Waals surface area contributed by atoms with E-state index in [9.17, 15) is 0 Å². The summed E-state index contributed by atoms with van der Waals surface area (Å²) in [6.07, 6.45) is 9.50. The third kappa shape index (κ3) is 1.44. The van der Waals surface area contributed by atoms with Crippen LogP contribution in [0.3, 0.4) is 0 Å². The monoisotopic (exact) mass is 175 g/mol. The Kier molecular flexibility index (Phi) is 2.05. The van der Waals surface area contributed by atoms with Crippen LogP contribution in [0.15, 0.2) is 28.8 Å². The first-order valence-corrected chi connectivity index (χ1v) is 4.55. The lowest BCUT2D eigenvalue weighted by atomic mass is 9.94. The van der Waals surface area contributed by atoms with Crippen molar-refractivity contribution >= 4 is 0 Å². The molecule has 1 unspecified atom stereocenters. The maximum absolute atomic E-state index is 5.14. The van der Waals surface area contributed by atoms with E-state index in [-0.39, 0.29) is 0 Å². The van der Waals surface area contributed by atoms with Gasteiger partial charge in [-0.3, -0.25) is 0 Å². The van der Waals surface area contributed by atoms with Crippen LogP contribution in [0.5, 0.6) is 0 Å². The largest absolute Gasteiger partial charge is 0.361 e. The maximum atomic E-state index is 5.14. The molecule has 0 spiro atoms. The quantitative estimate of drug-likeness (QED) is 0.656. The molecule has 1 aliphatic carbocycles. The third-order valence-corrected chi connectivity index (χ3v) is 2.53. The number of nitrogens with zero attached hydrogens (tertiary/aromatic N) is 1. The van der Waals surface area contributed by atoms with E-state index in [1.807, 2.05) is 6.92 Å². The fourth-order valence-corrected chi connectivity index (χ4v) is 1.56. The molecule has 0 N–H and O–H groups in total. The molecule has 0 radical (unpaired) electrons. The smallest absolute Gasteiger partial charge is 0.136 e. The Morgan fingerprint density at radius 3 is 2.77 bits per heavy atom. The summed E-state index contributed by atoms with van der Waals surface area (Å²) in [6, 6.07) is 0. The minimum atomic E-state index is 0.405. The Hall–Kier alpha value is -1.31. The van der Waals surface area contributed by atoms with Gasteiger partial charge in [-0.25, -0.2) is 0 Å². The second-order valence-electron chi connectivity index (χ2n) is 3.40. The SMILES string of the molecule is Cc1onc(C2C=CC=CC2)c1C. The summed E-state index contributed by atoms with van der Waals surface area (Å²) in [7, 11) is 0. The summed E-state index contributed by atoms with van der Waals surface area (Å²) in [4.78, 5) is 0. The van der Waals surface area contributed by atoms with Gasteiger partial charge in [0.15, 0.2) is 0 Å². The molecule has 68 valence electrons. The van der Waals surface area contributed by atoms with Crippen molar-refractivity contribution in [3.05, 3.63) is 41.3 Å². The van der Waals surface area contributed by atoms with E-state index in [0.29, 0.717) is 5.92 Å². The molecule has 1 aromatic rings. The van der Waals surface area contributed by atoms with E-state index >= 15 is 0 Å². The average Bonchev–Trinajstić information content (AvgIpc) is 2.49. The van der Waals surface area contributed by atoms with E-state index in [2.05, 4.69) is 36.4 Å². The molecular weight excluding hydrogens is 162 g/mol. The standard InChI is InChI=1S/C11H13NO/c1-8-9(2)13-12-11(8)10-6-4-3-5-7-10/h3-6,10H,7H2,1-2H3. The fourth-order valence-electron chi connectivity index (χ4n) is 1.56. The number of aromatic nitrogens is 1. The Morgan fingerprint density at radius 1 is 1.38 bits per heavy atom. The van der Waals surface area contributed by atoms with Crippen LogP contribution in [-0.4, -0.2) is 5.16 Å². The zero-order chi connectivity index (χ0) is 9.26. The topological polar surface area (TPSA) is 26.0 Å². The van der Waals surface area contributed by atoms with Crippen LogP contribution in [0.4, 0.5) is 0 Å².